The molecule has 1 fully saturated rings. The summed E-state index contributed by atoms with van der Waals surface area (Å²) in [4.78, 5) is 30.6. The summed E-state index contributed by atoms with van der Waals surface area (Å²) in [5.41, 5.74) is 0.657. The molecule has 9 heteroatoms. The number of hydrogen-bond acceptors (Lipinski definition) is 7. The second kappa shape index (κ2) is 8.21. The Morgan fingerprint density at radius 3 is 3.08 bits per heavy atom. The van der Waals surface area contributed by atoms with Crippen molar-refractivity contribution in [1.29, 1.82) is 0 Å². The quantitative estimate of drug-likeness (QED) is 0.822. The lowest BCUT2D eigenvalue weighted by Crippen LogP contribution is -2.50. The van der Waals surface area contributed by atoms with Crippen molar-refractivity contribution in [3.8, 4) is 0 Å². The molecule has 134 valence electrons. The molecule has 1 saturated heterocycles. The van der Waals surface area contributed by atoms with Crippen molar-refractivity contribution in [2.24, 2.45) is 0 Å². The summed E-state index contributed by atoms with van der Waals surface area (Å²) in [7, 11) is 0. The molecule has 1 atom stereocenters. The van der Waals surface area contributed by atoms with E-state index < -0.39 is 0 Å². The van der Waals surface area contributed by atoms with Crippen LogP contribution in [0.25, 0.3) is 0 Å². The minimum Gasteiger partial charge on any atom is -0.377 e. The largest absolute Gasteiger partial charge is 0.377 e. The first-order valence-corrected chi connectivity index (χ1v) is 9.04. The van der Waals surface area contributed by atoms with Gasteiger partial charge in [-0.05, 0) is 11.4 Å². The predicted octanol–water partition coefficient (Wildman–Crippen LogP) is 1.03. The van der Waals surface area contributed by atoms with Crippen LogP contribution in [0.1, 0.15) is 28.5 Å². The minimum atomic E-state index is -0.256. The van der Waals surface area contributed by atoms with E-state index in [9.17, 15) is 9.59 Å². The van der Waals surface area contributed by atoms with Gasteiger partial charge in [-0.3, -0.25) is 9.59 Å². The number of rotatable bonds is 6. The molecule has 3 rings (SSSR count). The zero-order valence-electron chi connectivity index (χ0n) is 13.9. The lowest BCUT2D eigenvalue weighted by Gasteiger charge is -2.35. The first-order chi connectivity index (χ1) is 12.1. The molecule has 3 heterocycles. The number of aromatic nitrogens is 2. The average Bonchev–Trinajstić information content (AvgIpc) is 3.27. The third-order valence-electron chi connectivity index (χ3n) is 3.92. The van der Waals surface area contributed by atoms with Gasteiger partial charge in [-0.15, -0.1) is 0 Å². The van der Waals surface area contributed by atoms with Gasteiger partial charge in [0.15, 0.2) is 5.82 Å². The van der Waals surface area contributed by atoms with Gasteiger partial charge in [-0.25, -0.2) is 0 Å². The van der Waals surface area contributed by atoms with Crippen LogP contribution in [0.4, 0.5) is 0 Å². The lowest BCUT2D eigenvalue weighted by molar-refractivity contribution is -0.123. The Hall–Kier alpha value is -2.26. The van der Waals surface area contributed by atoms with E-state index in [0.29, 0.717) is 50.0 Å². The van der Waals surface area contributed by atoms with Crippen LogP contribution >= 0.6 is 11.3 Å². The summed E-state index contributed by atoms with van der Waals surface area (Å²) < 4.78 is 10.3. The van der Waals surface area contributed by atoms with Crippen molar-refractivity contribution >= 4 is 23.2 Å². The number of thiophene rings is 1. The van der Waals surface area contributed by atoms with Gasteiger partial charge in [0.2, 0.25) is 11.8 Å². The van der Waals surface area contributed by atoms with E-state index in [0.717, 1.165) is 0 Å². The van der Waals surface area contributed by atoms with Crippen LogP contribution in [0.2, 0.25) is 0 Å². The van der Waals surface area contributed by atoms with Gasteiger partial charge in [-0.2, -0.15) is 16.3 Å². The highest BCUT2D eigenvalue weighted by atomic mass is 32.1. The highest BCUT2D eigenvalue weighted by Gasteiger charge is 2.29. The van der Waals surface area contributed by atoms with Crippen LogP contribution in [0.5, 0.6) is 0 Å². The van der Waals surface area contributed by atoms with Crippen molar-refractivity contribution in [1.82, 2.24) is 20.4 Å². The van der Waals surface area contributed by atoms with Crippen molar-refractivity contribution in [2.75, 3.05) is 26.3 Å². The van der Waals surface area contributed by atoms with Crippen LogP contribution in [0, 0.1) is 6.92 Å². The molecular formula is C16H20N4O4S. The third-order valence-corrected chi connectivity index (χ3v) is 4.60. The second-order valence-corrected chi connectivity index (χ2v) is 6.55. The van der Waals surface area contributed by atoms with Crippen molar-refractivity contribution in [2.45, 2.75) is 25.8 Å². The summed E-state index contributed by atoms with van der Waals surface area (Å²) in [5.74, 6) is 0.889. The summed E-state index contributed by atoms with van der Waals surface area (Å²) in [6.07, 6.45) is 0.711. The highest BCUT2D eigenvalue weighted by molar-refractivity contribution is 7.08. The fraction of sp³-hybridized carbons (Fsp3) is 0.500. The Labute approximate surface area is 149 Å². The molecule has 0 aromatic carbocycles. The molecule has 2 amide bonds. The Kier molecular flexibility index (Phi) is 5.77. The van der Waals surface area contributed by atoms with Crippen molar-refractivity contribution in [3.05, 3.63) is 34.1 Å². The smallest absolute Gasteiger partial charge is 0.255 e. The number of carbonyl (C=O) groups is 2. The molecule has 0 aliphatic carbocycles. The maximum atomic E-state index is 12.6. The first-order valence-electron chi connectivity index (χ1n) is 8.10. The van der Waals surface area contributed by atoms with Gasteiger partial charge in [0.05, 0.1) is 24.8 Å². The third kappa shape index (κ3) is 4.64. The topological polar surface area (TPSA) is 97.6 Å². The molecule has 2 aromatic heterocycles. The lowest BCUT2D eigenvalue weighted by atomic mass is 10.1. The van der Waals surface area contributed by atoms with Crippen LogP contribution < -0.4 is 5.32 Å². The van der Waals surface area contributed by atoms with Crippen molar-refractivity contribution in [3.63, 3.8) is 0 Å². The first kappa shape index (κ1) is 17.6. The molecule has 8 nitrogen and oxygen atoms in total. The number of nitrogens with zero attached hydrogens (tertiary/aromatic N) is 3. The molecule has 2 aromatic rings. The van der Waals surface area contributed by atoms with E-state index in [2.05, 4.69) is 15.5 Å². The van der Waals surface area contributed by atoms with Gasteiger partial charge >= 0.3 is 0 Å². The molecule has 0 saturated carbocycles. The Morgan fingerprint density at radius 1 is 1.48 bits per heavy atom. The van der Waals surface area contributed by atoms with Crippen LogP contribution in [0.15, 0.2) is 21.3 Å². The number of aryl methyl sites for hydroxylation is 1. The van der Waals surface area contributed by atoms with Crippen LogP contribution in [0.3, 0.4) is 0 Å². The normalized spacial score (nSPS) is 17.5. The fourth-order valence-electron chi connectivity index (χ4n) is 2.69. The number of amides is 2. The van der Waals surface area contributed by atoms with E-state index >= 15 is 0 Å². The van der Waals surface area contributed by atoms with Gasteiger partial charge in [0.25, 0.3) is 5.91 Å². The molecule has 0 radical (unpaired) electrons. The molecule has 0 bridgehead atoms. The zero-order valence-corrected chi connectivity index (χ0v) is 14.8. The predicted molar refractivity (Wildman–Crippen MR) is 90.3 cm³/mol. The van der Waals surface area contributed by atoms with Gasteiger partial charge in [0.1, 0.15) is 0 Å². The van der Waals surface area contributed by atoms with E-state index in [4.69, 9.17) is 9.26 Å². The minimum absolute atomic E-state index is 0.0513. The zero-order chi connectivity index (χ0) is 17.6. The SMILES string of the molecule is Cc1nc(CCNC(=O)CC2COCCN2C(=O)c2ccsc2)no1. The number of nitrogens with one attached hydrogen (secondary N) is 1. The monoisotopic (exact) mass is 364 g/mol. The maximum absolute atomic E-state index is 12.6. The summed E-state index contributed by atoms with van der Waals surface area (Å²) in [5, 5.41) is 10.3. The van der Waals surface area contributed by atoms with Gasteiger partial charge in [-0.1, -0.05) is 5.16 Å². The molecule has 1 aliphatic heterocycles. The van der Waals surface area contributed by atoms with Crippen LogP contribution in [-0.2, 0) is 16.0 Å². The van der Waals surface area contributed by atoms with E-state index in [1.807, 2.05) is 10.8 Å². The van der Waals surface area contributed by atoms with E-state index in [-0.39, 0.29) is 24.3 Å². The Bertz CT molecular complexity index is 716. The van der Waals surface area contributed by atoms with Crippen LogP contribution in [-0.4, -0.2) is 59.2 Å². The number of ether oxygens (including phenoxy) is 1. The highest BCUT2D eigenvalue weighted by Crippen LogP contribution is 2.16. The van der Waals surface area contributed by atoms with Gasteiger partial charge < -0.3 is 19.5 Å². The Balaban J connectivity index is 1.50. The summed E-state index contributed by atoms with van der Waals surface area (Å²) in [6.45, 7) is 3.49. The second-order valence-electron chi connectivity index (χ2n) is 5.77. The average molecular weight is 364 g/mol. The number of morpholine rings is 1. The summed E-state index contributed by atoms with van der Waals surface area (Å²) >= 11 is 1.48. The van der Waals surface area contributed by atoms with E-state index in [1.165, 1.54) is 11.3 Å². The molecule has 0 spiro atoms. The fourth-order valence-corrected chi connectivity index (χ4v) is 3.32. The molecule has 1 aliphatic rings. The number of hydrogen-bond donors (Lipinski definition) is 1. The van der Waals surface area contributed by atoms with E-state index in [1.54, 1.807) is 17.9 Å². The molecular weight excluding hydrogens is 344 g/mol. The molecule has 25 heavy (non-hydrogen) atoms. The summed E-state index contributed by atoms with van der Waals surface area (Å²) in [6, 6.07) is 1.54. The molecule has 1 N–H and O–H groups in total. The van der Waals surface area contributed by atoms with Gasteiger partial charge in [0, 0.05) is 38.2 Å². The number of carbonyl (C=O) groups excluding carboxylic acids is 2. The van der Waals surface area contributed by atoms with Crippen molar-refractivity contribution < 1.29 is 18.8 Å². The molecule has 1 unspecified atom stereocenters. The Morgan fingerprint density at radius 2 is 2.36 bits per heavy atom. The maximum Gasteiger partial charge on any atom is 0.255 e. The standard InChI is InChI=1S/C16H20N4O4S/c1-11-18-14(19-24-11)2-4-17-15(21)8-13-9-23-6-5-20(13)16(22)12-3-7-25-10-12/h3,7,10,13H,2,4-6,8-9H2,1H3,(H,17,21).